The number of benzene rings is 1. The van der Waals surface area contributed by atoms with E-state index in [0.29, 0.717) is 5.56 Å². The van der Waals surface area contributed by atoms with E-state index in [-0.39, 0.29) is 6.61 Å². The Labute approximate surface area is 91.3 Å². The number of aliphatic hydroxyl groups excluding tert-OH is 1. The number of nitriles is 1. The molecule has 0 saturated heterocycles. The van der Waals surface area contributed by atoms with Gasteiger partial charge in [0.15, 0.2) is 0 Å². The van der Waals surface area contributed by atoms with Crippen LogP contribution in [0.15, 0.2) is 18.2 Å². The summed E-state index contributed by atoms with van der Waals surface area (Å²) < 4.78 is 0.922. The topological polar surface area (TPSA) is 44.0 Å². The van der Waals surface area contributed by atoms with E-state index in [1.165, 1.54) is 0 Å². The third kappa shape index (κ3) is 2.20. The van der Waals surface area contributed by atoms with Crippen LogP contribution in [0.3, 0.4) is 0 Å². The highest BCUT2D eigenvalue weighted by molar-refractivity contribution is 14.1. The van der Waals surface area contributed by atoms with Crippen molar-refractivity contribution in [3.8, 4) is 6.07 Å². The molecule has 1 aromatic carbocycles. The number of nitrogens with zero attached hydrogens (tertiary/aromatic N) is 1. The maximum Gasteiger partial charge on any atom is 0.101 e. The van der Waals surface area contributed by atoms with Gasteiger partial charge in [0.2, 0.25) is 0 Å². The minimum Gasteiger partial charge on any atom is -0.395 e. The molecule has 2 nitrogen and oxygen atoms in total. The standard InChI is InChI=1S/C10H9INO/c1-7(6-13)8-3-2-4-10(11)9(8)5-12/h2-4,13H,6H2,1H3. The summed E-state index contributed by atoms with van der Waals surface area (Å²) in [5.74, 6) is 0.829. The molecule has 0 aliphatic rings. The van der Waals surface area contributed by atoms with Gasteiger partial charge >= 0.3 is 0 Å². The Morgan fingerprint density at radius 2 is 2.31 bits per heavy atom. The molecule has 3 heteroatoms. The third-order valence-corrected chi connectivity index (χ3v) is 2.72. The zero-order valence-electron chi connectivity index (χ0n) is 7.21. The van der Waals surface area contributed by atoms with Gasteiger partial charge in [-0.1, -0.05) is 19.1 Å². The van der Waals surface area contributed by atoms with Crippen LogP contribution in [-0.2, 0) is 0 Å². The molecule has 1 radical (unpaired) electrons. The molecule has 1 N–H and O–H groups in total. The molecule has 0 spiro atoms. The lowest BCUT2D eigenvalue weighted by molar-refractivity contribution is 0.315. The van der Waals surface area contributed by atoms with Gasteiger partial charge in [-0.3, -0.25) is 0 Å². The first-order valence-corrected chi connectivity index (χ1v) is 4.91. The molecule has 0 bridgehead atoms. The Kier molecular flexibility index (Phi) is 3.70. The number of rotatable bonds is 2. The fourth-order valence-corrected chi connectivity index (χ4v) is 1.70. The van der Waals surface area contributed by atoms with Gasteiger partial charge in [-0.25, -0.2) is 0 Å². The molecular formula is C10H9INO. The highest BCUT2D eigenvalue weighted by atomic mass is 127. The van der Waals surface area contributed by atoms with E-state index in [1.54, 1.807) is 0 Å². The number of aliphatic hydroxyl groups is 1. The first-order valence-electron chi connectivity index (χ1n) is 3.83. The van der Waals surface area contributed by atoms with Gasteiger partial charge in [-0.2, -0.15) is 5.26 Å². The number of halogens is 1. The highest BCUT2D eigenvalue weighted by Crippen LogP contribution is 2.22. The van der Waals surface area contributed by atoms with Crippen LogP contribution < -0.4 is 0 Å². The summed E-state index contributed by atoms with van der Waals surface area (Å²) >= 11 is 2.12. The Morgan fingerprint density at radius 3 is 2.85 bits per heavy atom. The largest absolute Gasteiger partial charge is 0.395 e. The molecule has 0 aliphatic carbocycles. The fraction of sp³-hybridized carbons (Fsp3) is 0.200. The zero-order chi connectivity index (χ0) is 9.84. The summed E-state index contributed by atoms with van der Waals surface area (Å²) in [6, 6.07) is 7.76. The maximum atomic E-state index is 8.95. The molecule has 0 fully saturated rings. The molecule has 0 unspecified atom stereocenters. The van der Waals surface area contributed by atoms with Gasteiger partial charge in [-0.05, 0) is 34.2 Å². The van der Waals surface area contributed by atoms with Crippen molar-refractivity contribution in [3.63, 3.8) is 0 Å². The van der Waals surface area contributed by atoms with Crippen molar-refractivity contribution < 1.29 is 5.11 Å². The van der Waals surface area contributed by atoms with Crippen molar-refractivity contribution in [2.24, 2.45) is 0 Å². The summed E-state index contributed by atoms with van der Waals surface area (Å²) in [6.45, 7) is 1.82. The van der Waals surface area contributed by atoms with Gasteiger partial charge < -0.3 is 5.11 Å². The lowest BCUT2D eigenvalue weighted by atomic mass is 9.97. The van der Waals surface area contributed by atoms with Crippen molar-refractivity contribution in [3.05, 3.63) is 38.8 Å². The van der Waals surface area contributed by atoms with Crippen LogP contribution in [0, 0.1) is 20.8 Å². The van der Waals surface area contributed by atoms with Gasteiger partial charge in [-0.15, -0.1) is 0 Å². The first kappa shape index (κ1) is 10.5. The van der Waals surface area contributed by atoms with Crippen molar-refractivity contribution >= 4 is 22.6 Å². The van der Waals surface area contributed by atoms with Gasteiger partial charge in [0, 0.05) is 9.49 Å². The quantitative estimate of drug-likeness (QED) is 0.846. The Balaban J connectivity index is 3.22. The van der Waals surface area contributed by atoms with Crippen LogP contribution in [0.25, 0.3) is 0 Å². The van der Waals surface area contributed by atoms with Crippen molar-refractivity contribution in [1.29, 1.82) is 5.26 Å². The maximum absolute atomic E-state index is 8.95. The van der Waals surface area contributed by atoms with Crippen molar-refractivity contribution in [2.75, 3.05) is 6.61 Å². The lowest BCUT2D eigenvalue weighted by Crippen LogP contribution is -2.03. The summed E-state index contributed by atoms with van der Waals surface area (Å²) in [4.78, 5) is 0. The van der Waals surface area contributed by atoms with Crippen LogP contribution in [0.4, 0.5) is 0 Å². The second kappa shape index (κ2) is 4.58. The molecule has 0 aromatic heterocycles. The number of hydrogen-bond acceptors (Lipinski definition) is 2. The molecule has 1 aromatic rings. The predicted octanol–water partition coefficient (Wildman–Crippen LogP) is 2.10. The molecule has 0 saturated carbocycles. The van der Waals surface area contributed by atoms with Crippen LogP contribution in [0.2, 0.25) is 0 Å². The molecule has 0 aliphatic heterocycles. The van der Waals surface area contributed by atoms with Crippen LogP contribution >= 0.6 is 22.6 Å². The normalized spacial score (nSPS) is 10.1. The second-order valence-electron chi connectivity index (χ2n) is 2.71. The van der Waals surface area contributed by atoms with E-state index in [2.05, 4.69) is 28.7 Å². The third-order valence-electron chi connectivity index (χ3n) is 1.82. The molecule has 0 atom stereocenters. The molecular weight excluding hydrogens is 277 g/mol. The lowest BCUT2D eigenvalue weighted by Gasteiger charge is -2.10. The highest BCUT2D eigenvalue weighted by Gasteiger charge is 2.11. The average molecular weight is 286 g/mol. The van der Waals surface area contributed by atoms with Crippen molar-refractivity contribution in [2.45, 2.75) is 6.92 Å². The van der Waals surface area contributed by atoms with Crippen LogP contribution in [0.1, 0.15) is 18.1 Å². The minimum absolute atomic E-state index is 0.00519. The van der Waals surface area contributed by atoms with E-state index < -0.39 is 0 Å². The summed E-state index contributed by atoms with van der Waals surface area (Å²) in [6.07, 6.45) is 0. The molecule has 13 heavy (non-hydrogen) atoms. The summed E-state index contributed by atoms with van der Waals surface area (Å²) in [5, 5.41) is 17.8. The minimum atomic E-state index is -0.00519. The van der Waals surface area contributed by atoms with Gasteiger partial charge in [0.25, 0.3) is 0 Å². The van der Waals surface area contributed by atoms with E-state index in [1.807, 2.05) is 25.1 Å². The smallest absolute Gasteiger partial charge is 0.101 e. The Hall–Kier alpha value is -0.600. The molecule has 0 heterocycles. The summed E-state index contributed by atoms with van der Waals surface area (Å²) in [5.41, 5.74) is 1.49. The van der Waals surface area contributed by atoms with Crippen LogP contribution in [0.5, 0.6) is 0 Å². The monoisotopic (exact) mass is 286 g/mol. The van der Waals surface area contributed by atoms with Gasteiger partial charge in [0.1, 0.15) is 6.07 Å². The van der Waals surface area contributed by atoms with E-state index in [9.17, 15) is 0 Å². The molecule has 1 rings (SSSR count). The van der Waals surface area contributed by atoms with Gasteiger partial charge in [0.05, 0.1) is 12.2 Å². The predicted molar refractivity (Wildman–Crippen MR) is 59.0 cm³/mol. The van der Waals surface area contributed by atoms with E-state index in [4.69, 9.17) is 10.4 Å². The SMILES string of the molecule is C[C](CO)c1cccc(I)c1C#N. The van der Waals surface area contributed by atoms with E-state index >= 15 is 0 Å². The van der Waals surface area contributed by atoms with Crippen LogP contribution in [-0.4, -0.2) is 11.7 Å². The van der Waals surface area contributed by atoms with Crippen molar-refractivity contribution in [1.82, 2.24) is 0 Å². The fourth-order valence-electron chi connectivity index (χ4n) is 1.08. The zero-order valence-corrected chi connectivity index (χ0v) is 9.37. The average Bonchev–Trinajstić information content (AvgIpc) is 2.16. The second-order valence-corrected chi connectivity index (χ2v) is 3.87. The Morgan fingerprint density at radius 1 is 1.62 bits per heavy atom. The Bertz CT molecular complexity index is 343. The van der Waals surface area contributed by atoms with E-state index in [0.717, 1.165) is 15.1 Å². The molecule has 67 valence electrons. The summed E-state index contributed by atoms with van der Waals surface area (Å²) in [7, 11) is 0. The molecule has 0 amide bonds. The first-order chi connectivity index (χ1) is 6.20. The number of hydrogen-bond donors (Lipinski definition) is 1.